The normalized spacial score (nSPS) is 13.9. The average molecular weight is 287 g/mol. The molecule has 18 heavy (non-hydrogen) atoms. The zero-order valence-corrected chi connectivity index (χ0v) is 10.0. The van der Waals surface area contributed by atoms with Crippen molar-refractivity contribution in [2.75, 3.05) is 6.54 Å². The Hall–Kier alpha value is -1.02. The first-order valence-electron chi connectivity index (χ1n) is 4.81. The van der Waals surface area contributed by atoms with Crippen LogP contribution in [0.4, 0.5) is 22.0 Å². The monoisotopic (exact) mass is 287 g/mol. The molecule has 1 unspecified atom stereocenters. The number of alkyl halides is 5. The van der Waals surface area contributed by atoms with E-state index >= 15 is 0 Å². The van der Waals surface area contributed by atoms with Crippen LogP contribution in [-0.2, 0) is 11.0 Å². The number of nitrogens with one attached hydrogen (secondary N) is 1. The summed E-state index contributed by atoms with van der Waals surface area (Å²) >= 11 is 0. The van der Waals surface area contributed by atoms with Gasteiger partial charge < -0.3 is 0 Å². The van der Waals surface area contributed by atoms with E-state index in [2.05, 4.69) is 0 Å². The summed E-state index contributed by atoms with van der Waals surface area (Å²) in [4.78, 5) is -0.111. The van der Waals surface area contributed by atoms with E-state index in [0.29, 0.717) is 5.56 Å². The van der Waals surface area contributed by atoms with Crippen LogP contribution in [0.15, 0.2) is 23.1 Å². The van der Waals surface area contributed by atoms with Gasteiger partial charge in [0.2, 0.25) is 0 Å². The third-order valence-corrected chi connectivity index (χ3v) is 3.19. The zero-order chi connectivity index (χ0) is 13.9. The van der Waals surface area contributed by atoms with Gasteiger partial charge in [-0.25, -0.2) is 17.7 Å². The van der Waals surface area contributed by atoms with Gasteiger partial charge in [0.15, 0.2) is 0 Å². The number of rotatable bonds is 4. The van der Waals surface area contributed by atoms with Crippen LogP contribution in [0.2, 0.25) is 0 Å². The molecule has 1 N–H and O–H groups in total. The lowest BCUT2D eigenvalue weighted by atomic mass is 10.1. The van der Waals surface area contributed by atoms with Crippen molar-refractivity contribution in [3.8, 4) is 0 Å². The van der Waals surface area contributed by atoms with Crippen LogP contribution >= 0.6 is 0 Å². The first kappa shape index (κ1) is 15.0. The molecule has 1 rings (SSSR count). The Bertz CT molecular complexity index is 446. The second-order valence-electron chi connectivity index (χ2n) is 3.52. The maximum atomic E-state index is 12.5. The van der Waals surface area contributed by atoms with Crippen LogP contribution in [-0.4, -0.2) is 16.9 Å². The van der Waals surface area contributed by atoms with Gasteiger partial charge in [0.1, 0.15) is 17.5 Å². The van der Waals surface area contributed by atoms with Gasteiger partial charge in [-0.05, 0) is 24.6 Å². The first-order chi connectivity index (χ1) is 8.20. The molecule has 8 heteroatoms. The molecule has 0 aliphatic carbocycles. The molecule has 0 amide bonds. The smallest absolute Gasteiger partial charge is 0.238 e. The summed E-state index contributed by atoms with van der Waals surface area (Å²) in [6.45, 7) is -0.00512. The van der Waals surface area contributed by atoms with E-state index in [1.165, 1.54) is 19.1 Å². The van der Waals surface area contributed by atoms with Crippen LogP contribution in [0.25, 0.3) is 0 Å². The molecule has 0 spiro atoms. The molecule has 1 atom stereocenters. The van der Waals surface area contributed by atoms with Crippen LogP contribution in [0, 0.1) is 6.92 Å². The molecule has 102 valence electrons. The molecule has 2 nitrogen and oxygen atoms in total. The van der Waals surface area contributed by atoms with Crippen molar-refractivity contribution >= 4 is 11.0 Å². The Morgan fingerprint density at radius 2 is 1.94 bits per heavy atom. The van der Waals surface area contributed by atoms with Gasteiger partial charge in [0.25, 0.3) is 6.43 Å². The van der Waals surface area contributed by atoms with Gasteiger partial charge >= 0.3 is 6.18 Å². The molecule has 0 heterocycles. The quantitative estimate of drug-likeness (QED) is 0.847. The Balaban J connectivity index is 2.84. The fourth-order valence-electron chi connectivity index (χ4n) is 1.20. The topological polar surface area (TPSA) is 29.1 Å². The van der Waals surface area contributed by atoms with E-state index in [1.54, 1.807) is 4.72 Å². The van der Waals surface area contributed by atoms with Gasteiger partial charge in [-0.15, -0.1) is 0 Å². The maximum Gasteiger partial charge on any atom is 0.402 e. The van der Waals surface area contributed by atoms with E-state index in [-0.39, 0.29) is 10.5 Å². The highest BCUT2D eigenvalue weighted by Gasteiger charge is 2.27. The van der Waals surface area contributed by atoms with Crippen molar-refractivity contribution in [2.24, 2.45) is 0 Å². The first-order valence-corrected chi connectivity index (χ1v) is 5.96. The molecular weight excluding hydrogens is 277 g/mol. The lowest BCUT2D eigenvalue weighted by Crippen LogP contribution is -2.30. The van der Waals surface area contributed by atoms with Crippen molar-refractivity contribution in [3.63, 3.8) is 0 Å². The van der Waals surface area contributed by atoms with Crippen LogP contribution < -0.4 is 4.72 Å². The Kier molecular flexibility index (Phi) is 4.80. The van der Waals surface area contributed by atoms with Gasteiger partial charge in [-0.3, -0.25) is 0 Å². The van der Waals surface area contributed by atoms with Crippen LogP contribution in [0.1, 0.15) is 17.6 Å². The molecular formula is C10H10F5NOS. The lowest BCUT2D eigenvalue weighted by Gasteiger charge is -2.10. The average Bonchev–Trinajstić information content (AvgIpc) is 2.25. The highest BCUT2D eigenvalue weighted by molar-refractivity contribution is 7.83. The Labute approximate surface area is 103 Å². The maximum absolute atomic E-state index is 12.5. The third kappa shape index (κ3) is 4.34. The molecule has 0 bridgehead atoms. The SMILES string of the molecule is Cc1ccc(S(=O)NCC(F)(F)F)cc1C(F)F. The van der Waals surface area contributed by atoms with Crippen molar-refractivity contribution in [2.45, 2.75) is 24.4 Å². The summed E-state index contributed by atoms with van der Waals surface area (Å²) in [5, 5.41) is 0. The summed E-state index contributed by atoms with van der Waals surface area (Å²) < 4.78 is 73.9. The van der Waals surface area contributed by atoms with Gasteiger partial charge in [-0.1, -0.05) is 6.07 Å². The van der Waals surface area contributed by atoms with Crippen molar-refractivity contribution in [3.05, 3.63) is 29.3 Å². The fourth-order valence-corrected chi connectivity index (χ4v) is 2.09. The van der Waals surface area contributed by atoms with E-state index < -0.39 is 30.1 Å². The summed E-state index contributed by atoms with van der Waals surface area (Å²) in [7, 11) is -2.17. The van der Waals surface area contributed by atoms with Crippen LogP contribution in [0.5, 0.6) is 0 Å². The highest BCUT2D eigenvalue weighted by atomic mass is 32.2. The second kappa shape index (κ2) is 5.75. The lowest BCUT2D eigenvalue weighted by molar-refractivity contribution is -0.121. The van der Waals surface area contributed by atoms with Crippen molar-refractivity contribution in [1.82, 2.24) is 4.72 Å². The molecule has 0 radical (unpaired) electrons. The van der Waals surface area contributed by atoms with Crippen molar-refractivity contribution in [1.29, 1.82) is 0 Å². The summed E-state index contributed by atoms with van der Waals surface area (Å²) in [5.74, 6) is 0. The molecule has 0 saturated heterocycles. The predicted molar refractivity (Wildman–Crippen MR) is 56.6 cm³/mol. The minimum atomic E-state index is -4.51. The Morgan fingerprint density at radius 3 is 2.44 bits per heavy atom. The van der Waals surface area contributed by atoms with Gasteiger partial charge in [-0.2, -0.15) is 13.2 Å². The molecule has 0 aromatic heterocycles. The summed E-state index contributed by atoms with van der Waals surface area (Å²) in [5.41, 5.74) is -0.0452. The van der Waals surface area contributed by atoms with Gasteiger partial charge in [0.05, 0.1) is 4.90 Å². The standard InChI is InChI=1S/C10H10F5NOS/c1-6-2-3-7(4-8(6)9(11)12)18(17)16-5-10(13,14)15/h2-4,9,16H,5H2,1H3. The predicted octanol–water partition coefficient (Wildman–Crippen LogP) is 3.11. The molecule has 0 saturated carbocycles. The van der Waals surface area contributed by atoms with Gasteiger partial charge in [0, 0.05) is 5.56 Å². The number of benzene rings is 1. The molecule has 0 aliphatic heterocycles. The Morgan fingerprint density at radius 1 is 1.33 bits per heavy atom. The molecule has 0 aliphatic rings. The zero-order valence-electron chi connectivity index (χ0n) is 9.22. The van der Waals surface area contributed by atoms with E-state index in [9.17, 15) is 26.2 Å². The van der Waals surface area contributed by atoms with Crippen LogP contribution in [0.3, 0.4) is 0 Å². The third-order valence-electron chi connectivity index (χ3n) is 2.10. The molecule has 0 fully saturated rings. The minimum absolute atomic E-state index is 0.111. The molecule has 1 aromatic rings. The minimum Gasteiger partial charge on any atom is -0.238 e. The molecule has 1 aromatic carbocycles. The number of hydrogen-bond donors (Lipinski definition) is 1. The summed E-state index contributed by atoms with van der Waals surface area (Å²) in [6.07, 6.45) is -7.27. The van der Waals surface area contributed by atoms with E-state index in [4.69, 9.17) is 0 Å². The van der Waals surface area contributed by atoms with Crippen molar-refractivity contribution < 1.29 is 26.2 Å². The second-order valence-corrected chi connectivity index (χ2v) is 4.82. The number of aryl methyl sites for hydroxylation is 1. The van der Waals surface area contributed by atoms with E-state index in [1.807, 2.05) is 0 Å². The largest absolute Gasteiger partial charge is 0.402 e. The number of hydrogen-bond acceptors (Lipinski definition) is 1. The summed E-state index contributed by atoms with van der Waals surface area (Å²) in [6, 6.07) is 3.49. The van der Waals surface area contributed by atoms with E-state index in [0.717, 1.165) is 6.07 Å². The fraction of sp³-hybridized carbons (Fsp3) is 0.400. The number of halogens is 5. The highest BCUT2D eigenvalue weighted by Crippen LogP contribution is 2.24.